The lowest BCUT2D eigenvalue weighted by Crippen LogP contribution is -2.26. The Morgan fingerprint density at radius 1 is 1.10 bits per heavy atom. The Kier molecular flexibility index (Phi) is 5.23. The molecular formula is C24H23N3O3. The summed E-state index contributed by atoms with van der Waals surface area (Å²) in [4.78, 5) is 19.7. The first-order valence-corrected chi connectivity index (χ1v) is 9.68. The molecule has 4 aromatic rings. The maximum atomic E-state index is 13.4. The molecule has 0 aliphatic heterocycles. The second-order valence-corrected chi connectivity index (χ2v) is 7.38. The lowest BCUT2D eigenvalue weighted by atomic mass is 10.0. The minimum absolute atomic E-state index is 0.120. The fraction of sp³-hybridized carbons (Fsp3) is 0.208. The maximum Gasteiger partial charge on any atom is 0.259 e. The highest BCUT2D eigenvalue weighted by Crippen LogP contribution is 2.28. The predicted molar refractivity (Wildman–Crippen MR) is 116 cm³/mol. The number of hydrogen-bond donors (Lipinski definition) is 0. The molecule has 0 atom stereocenters. The number of benzene rings is 2. The minimum atomic E-state index is -0.120. The minimum Gasteiger partial charge on any atom is -0.497 e. The molecule has 0 radical (unpaired) electrons. The van der Waals surface area contributed by atoms with Crippen molar-refractivity contribution in [3.63, 3.8) is 0 Å². The quantitative estimate of drug-likeness (QED) is 0.481. The number of aromatic nitrogens is 2. The predicted octanol–water partition coefficient (Wildman–Crippen LogP) is 4.79. The number of ether oxygens (including phenoxy) is 1. The van der Waals surface area contributed by atoms with Crippen LogP contribution in [0.15, 0.2) is 59.1 Å². The molecule has 152 valence electrons. The molecule has 6 nitrogen and oxygen atoms in total. The number of methoxy groups -OCH3 is 1. The lowest BCUT2D eigenvalue weighted by Gasteiger charge is -2.18. The number of pyridine rings is 1. The molecule has 0 fully saturated rings. The third-order valence-electron chi connectivity index (χ3n) is 5.10. The standard InChI is InChI=1S/C24H23N3O3/c1-15-8-10-18(11-9-15)21-13-20(22-16(2)26-30-23(22)25-21)24(28)27(3)14-17-6-5-7-19(12-17)29-4/h5-13H,14H2,1-4H3. The van der Waals surface area contributed by atoms with Gasteiger partial charge in [0.1, 0.15) is 5.75 Å². The second kappa shape index (κ2) is 7.99. The zero-order valence-electron chi connectivity index (χ0n) is 17.5. The van der Waals surface area contributed by atoms with Gasteiger partial charge in [-0.15, -0.1) is 0 Å². The van der Waals surface area contributed by atoms with Crippen LogP contribution in [0.3, 0.4) is 0 Å². The Morgan fingerprint density at radius 2 is 1.87 bits per heavy atom. The van der Waals surface area contributed by atoms with Crippen LogP contribution in [0.5, 0.6) is 5.75 Å². The molecule has 2 heterocycles. The summed E-state index contributed by atoms with van der Waals surface area (Å²) in [7, 11) is 3.41. The molecule has 0 aliphatic carbocycles. The fourth-order valence-electron chi connectivity index (χ4n) is 3.46. The van der Waals surface area contributed by atoms with Crippen LogP contribution in [-0.2, 0) is 6.54 Å². The Labute approximate surface area is 175 Å². The van der Waals surface area contributed by atoms with E-state index in [4.69, 9.17) is 9.26 Å². The number of aryl methyl sites for hydroxylation is 2. The second-order valence-electron chi connectivity index (χ2n) is 7.38. The number of nitrogens with zero attached hydrogens (tertiary/aromatic N) is 3. The van der Waals surface area contributed by atoms with Gasteiger partial charge in [-0.05, 0) is 37.6 Å². The van der Waals surface area contributed by atoms with Gasteiger partial charge in [0.2, 0.25) is 0 Å². The van der Waals surface area contributed by atoms with E-state index in [1.54, 1.807) is 19.1 Å². The zero-order chi connectivity index (χ0) is 21.3. The van der Waals surface area contributed by atoms with Crippen molar-refractivity contribution in [3.8, 4) is 17.0 Å². The van der Waals surface area contributed by atoms with E-state index in [1.807, 2.05) is 68.4 Å². The van der Waals surface area contributed by atoms with Crippen molar-refractivity contribution in [2.24, 2.45) is 0 Å². The summed E-state index contributed by atoms with van der Waals surface area (Å²) in [6, 6.07) is 17.5. The smallest absolute Gasteiger partial charge is 0.259 e. The van der Waals surface area contributed by atoms with Crippen molar-refractivity contribution in [1.29, 1.82) is 0 Å². The number of hydrogen-bond acceptors (Lipinski definition) is 5. The largest absolute Gasteiger partial charge is 0.497 e. The molecule has 30 heavy (non-hydrogen) atoms. The van der Waals surface area contributed by atoms with E-state index < -0.39 is 0 Å². The van der Waals surface area contributed by atoms with Crippen LogP contribution in [0.4, 0.5) is 0 Å². The van der Waals surface area contributed by atoms with Gasteiger partial charge in [0.05, 0.1) is 29.4 Å². The first-order valence-electron chi connectivity index (χ1n) is 9.68. The molecule has 4 rings (SSSR count). The molecule has 0 aliphatic rings. The van der Waals surface area contributed by atoms with Gasteiger partial charge in [-0.2, -0.15) is 0 Å². The van der Waals surface area contributed by atoms with E-state index in [-0.39, 0.29) is 5.91 Å². The van der Waals surface area contributed by atoms with E-state index in [1.165, 1.54) is 0 Å². The molecule has 6 heteroatoms. The third-order valence-corrected chi connectivity index (χ3v) is 5.10. The molecule has 0 unspecified atom stereocenters. The van der Waals surface area contributed by atoms with Crippen LogP contribution in [0.25, 0.3) is 22.4 Å². The molecule has 0 spiro atoms. The van der Waals surface area contributed by atoms with Crippen LogP contribution in [0, 0.1) is 13.8 Å². The summed E-state index contributed by atoms with van der Waals surface area (Å²) in [6.45, 7) is 4.30. The zero-order valence-corrected chi connectivity index (χ0v) is 17.5. The highest BCUT2D eigenvalue weighted by atomic mass is 16.5. The first-order chi connectivity index (χ1) is 14.5. The fourth-order valence-corrected chi connectivity index (χ4v) is 3.46. The summed E-state index contributed by atoms with van der Waals surface area (Å²) in [5.74, 6) is 0.640. The van der Waals surface area contributed by atoms with Crippen LogP contribution >= 0.6 is 0 Å². The van der Waals surface area contributed by atoms with Gasteiger partial charge in [-0.3, -0.25) is 4.79 Å². The SMILES string of the molecule is COc1cccc(CN(C)C(=O)c2cc(-c3ccc(C)cc3)nc3onc(C)c23)c1. The van der Waals surface area contributed by atoms with E-state index >= 15 is 0 Å². The summed E-state index contributed by atoms with van der Waals surface area (Å²) < 4.78 is 10.7. The Bertz CT molecular complexity index is 1210. The van der Waals surface area contributed by atoms with Crippen molar-refractivity contribution in [1.82, 2.24) is 15.0 Å². The molecule has 0 N–H and O–H groups in total. The van der Waals surface area contributed by atoms with Crippen molar-refractivity contribution in [2.45, 2.75) is 20.4 Å². The summed E-state index contributed by atoms with van der Waals surface area (Å²) in [6.07, 6.45) is 0. The van der Waals surface area contributed by atoms with E-state index in [2.05, 4.69) is 10.1 Å². The average molecular weight is 401 g/mol. The molecule has 2 aromatic carbocycles. The van der Waals surface area contributed by atoms with Crippen LogP contribution in [-0.4, -0.2) is 35.1 Å². The highest BCUT2D eigenvalue weighted by molar-refractivity contribution is 6.06. The van der Waals surface area contributed by atoms with Crippen molar-refractivity contribution >= 4 is 17.0 Å². The average Bonchev–Trinajstić information content (AvgIpc) is 3.14. The van der Waals surface area contributed by atoms with Gasteiger partial charge in [0, 0.05) is 19.2 Å². The summed E-state index contributed by atoms with van der Waals surface area (Å²) in [5, 5.41) is 4.68. The van der Waals surface area contributed by atoms with E-state index in [9.17, 15) is 4.79 Å². The monoisotopic (exact) mass is 401 g/mol. The van der Waals surface area contributed by atoms with Gasteiger partial charge in [-0.1, -0.05) is 47.1 Å². The molecular weight excluding hydrogens is 378 g/mol. The van der Waals surface area contributed by atoms with Gasteiger partial charge < -0.3 is 14.2 Å². The highest BCUT2D eigenvalue weighted by Gasteiger charge is 2.22. The Balaban J connectivity index is 1.73. The van der Waals surface area contributed by atoms with Crippen molar-refractivity contribution in [3.05, 3.63) is 77.0 Å². The number of carbonyl (C=O) groups is 1. The van der Waals surface area contributed by atoms with Gasteiger partial charge in [-0.25, -0.2) is 4.98 Å². The molecule has 1 amide bonds. The van der Waals surface area contributed by atoms with Gasteiger partial charge in [0.25, 0.3) is 11.6 Å². The molecule has 2 aromatic heterocycles. The molecule has 0 saturated carbocycles. The molecule has 0 bridgehead atoms. The van der Waals surface area contributed by atoms with E-state index in [0.29, 0.717) is 34.6 Å². The van der Waals surface area contributed by atoms with Crippen molar-refractivity contribution < 1.29 is 14.1 Å². The number of carbonyl (C=O) groups excluding carboxylic acids is 1. The van der Waals surface area contributed by atoms with E-state index in [0.717, 1.165) is 22.4 Å². The maximum absolute atomic E-state index is 13.4. The van der Waals surface area contributed by atoms with Crippen LogP contribution in [0.1, 0.15) is 27.2 Å². The lowest BCUT2D eigenvalue weighted by molar-refractivity contribution is 0.0787. The number of amides is 1. The Hall–Kier alpha value is -3.67. The normalized spacial score (nSPS) is 10.9. The van der Waals surface area contributed by atoms with Crippen molar-refractivity contribution in [2.75, 3.05) is 14.2 Å². The van der Waals surface area contributed by atoms with Gasteiger partial charge in [0.15, 0.2) is 0 Å². The number of fused-ring (bicyclic) bond motifs is 1. The summed E-state index contributed by atoms with van der Waals surface area (Å²) in [5.41, 5.74) is 5.27. The Morgan fingerprint density at radius 3 is 2.60 bits per heavy atom. The van der Waals surface area contributed by atoms with Crippen LogP contribution < -0.4 is 4.74 Å². The number of rotatable bonds is 5. The molecule has 0 saturated heterocycles. The van der Waals surface area contributed by atoms with Gasteiger partial charge >= 0.3 is 0 Å². The topological polar surface area (TPSA) is 68.5 Å². The first kappa shape index (κ1) is 19.6. The third kappa shape index (κ3) is 3.76. The van der Waals surface area contributed by atoms with Crippen LogP contribution in [0.2, 0.25) is 0 Å². The summed E-state index contributed by atoms with van der Waals surface area (Å²) >= 11 is 0.